The molecule has 1 unspecified atom stereocenters. The summed E-state index contributed by atoms with van der Waals surface area (Å²) < 4.78 is 5.53. The van der Waals surface area contributed by atoms with Crippen LogP contribution in [0.4, 0.5) is 0 Å². The van der Waals surface area contributed by atoms with Crippen molar-refractivity contribution < 1.29 is 19.4 Å². The largest absolute Gasteiger partial charge is 0.507 e. The Kier molecular flexibility index (Phi) is 7.51. The molecule has 2 aromatic carbocycles. The van der Waals surface area contributed by atoms with Gasteiger partial charge in [0, 0.05) is 17.7 Å². The first kappa shape index (κ1) is 25.5. The molecule has 0 aliphatic carbocycles. The highest BCUT2D eigenvalue weighted by Gasteiger charge is 2.46. The minimum Gasteiger partial charge on any atom is -0.507 e. The fraction of sp³-hybridized carbons (Fsp3) is 0.429. The van der Waals surface area contributed by atoms with E-state index in [1.807, 2.05) is 56.3 Å². The number of ether oxygens (including phenoxy) is 1. The molecule has 6 nitrogen and oxygen atoms in total. The van der Waals surface area contributed by atoms with Gasteiger partial charge in [0.15, 0.2) is 0 Å². The number of ketones is 1. The number of benzene rings is 2. The summed E-state index contributed by atoms with van der Waals surface area (Å²) in [5, 5.41) is 11.4. The van der Waals surface area contributed by atoms with E-state index >= 15 is 0 Å². The van der Waals surface area contributed by atoms with Crippen molar-refractivity contribution in [2.75, 3.05) is 34.3 Å². The van der Waals surface area contributed by atoms with Crippen molar-refractivity contribution >= 4 is 17.4 Å². The van der Waals surface area contributed by atoms with Crippen molar-refractivity contribution in [2.24, 2.45) is 0 Å². The van der Waals surface area contributed by atoms with Gasteiger partial charge in [0.05, 0.1) is 18.7 Å². The Hall–Kier alpha value is -3.12. The number of nitrogens with zero attached hydrogens (tertiary/aromatic N) is 2. The molecule has 182 valence electrons. The second-order valence-electron chi connectivity index (χ2n) is 10.2. The fourth-order valence-electron chi connectivity index (χ4n) is 4.48. The maximum Gasteiger partial charge on any atom is 0.295 e. The smallest absolute Gasteiger partial charge is 0.295 e. The van der Waals surface area contributed by atoms with Gasteiger partial charge in [0.1, 0.15) is 11.5 Å². The monoisotopic (exact) mass is 464 g/mol. The first-order valence-corrected chi connectivity index (χ1v) is 11.6. The highest BCUT2D eigenvalue weighted by molar-refractivity contribution is 6.46. The summed E-state index contributed by atoms with van der Waals surface area (Å²) in [6.45, 7) is 9.36. The number of aliphatic hydroxyl groups is 1. The predicted octanol–water partition coefficient (Wildman–Crippen LogP) is 4.67. The number of rotatable bonds is 7. The van der Waals surface area contributed by atoms with E-state index in [1.54, 1.807) is 24.1 Å². The lowest BCUT2D eigenvalue weighted by Gasteiger charge is -2.27. The lowest BCUT2D eigenvalue weighted by atomic mass is 9.84. The highest BCUT2D eigenvalue weighted by atomic mass is 16.5. The summed E-state index contributed by atoms with van der Waals surface area (Å²) in [6, 6.07) is 12.5. The van der Waals surface area contributed by atoms with Crippen LogP contribution in [0.5, 0.6) is 5.75 Å². The number of carbonyl (C=O) groups excluding carboxylic acids is 2. The lowest BCUT2D eigenvalue weighted by Crippen LogP contribution is -2.32. The van der Waals surface area contributed by atoms with Crippen LogP contribution in [-0.2, 0) is 15.0 Å². The number of aryl methyl sites for hydroxylation is 1. The number of hydrogen-bond donors (Lipinski definition) is 1. The Morgan fingerprint density at radius 3 is 2.38 bits per heavy atom. The highest BCUT2D eigenvalue weighted by Crippen LogP contribution is 2.41. The number of carbonyl (C=O) groups is 2. The first-order valence-electron chi connectivity index (χ1n) is 11.6. The summed E-state index contributed by atoms with van der Waals surface area (Å²) in [5.41, 5.74) is 3.10. The molecule has 1 heterocycles. The van der Waals surface area contributed by atoms with Crippen molar-refractivity contribution in [3.05, 3.63) is 70.3 Å². The van der Waals surface area contributed by atoms with Gasteiger partial charge < -0.3 is 19.6 Å². The topological polar surface area (TPSA) is 70.1 Å². The molecule has 1 N–H and O–H groups in total. The molecule has 0 spiro atoms. The van der Waals surface area contributed by atoms with Crippen LogP contribution in [0.1, 0.15) is 55.5 Å². The van der Waals surface area contributed by atoms with Gasteiger partial charge in [-0.3, -0.25) is 9.59 Å². The van der Waals surface area contributed by atoms with Gasteiger partial charge >= 0.3 is 0 Å². The molecule has 2 aromatic rings. The van der Waals surface area contributed by atoms with Crippen molar-refractivity contribution in [3.8, 4) is 5.75 Å². The fourth-order valence-corrected chi connectivity index (χ4v) is 4.48. The Morgan fingerprint density at radius 1 is 1.12 bits per heavy atom. The Bertz CT molecular complexity index is 1110. The summed E-state index contributed by atoms with van der Waals surface area (Å²) in [5.74, 6) is -0.666. The Balaban J connectivity index is 2.18. The SMILES string of the molecule is COc1ccc(/C(O)=C2\C(=O)C(=O)N(CCCN(C)C)C2c2ccccc2C)cc1C(C)(C)C. The number of Topliss-reactive ketones (excluding diaryl/α,β-unsaturated/α-hetero) is 1. The van der Waals surface area contributed by atoms with E-state index in [0.29, 0.717) is 17.9 Å². The van der Waals surface area contributed by atoms with Crippen molar-refractivity contribution in [1.29, 1.82) is 0 Å². The maximum absolute atomic E-state index is 13.3. The van der Waals surface area contributed by atoms with E-state index < -0.39 is 17.7 Å². The third kappa shape index (κ3) is 5.02. The van der Waals surface area contributed by atoms with Crippen LogP contribution in [-0.4, -0.2) is 60.9 Å². The van der Waals surface area contributed by atoms with Crippen molar-refractivity contribution in [1.82, 2.24) is 9.80 Å². The predicted molar refractivity (Wildman–Crippen MR) is 135 cm³/mol. The molecule has 1 aliphatic heterocycles. The van der Waals surface area contributed by atoms with Gasteiger partial charge in [0.25, 0.3) is 11.7 Å². The molecule has 0 radical (unpaired) electrons. The first-order chi connectivity index (χ1) is 16.0. The molecule has 1 fully saturated rings. The molecule has 0 saturated carbocycles. The normalized spacial score (nSPS) is 18.1. The number of likely N-dealkylation sites (tertiary alicyclic amines) is 1. The minimum atomic E-state index is -0.649. The summed E-state index contributed by atoms with van der Waals surface area (Å²) >= 11 is 0. The second-order valence-corrected chi connectivity index (χ2v) is 10.2. The van der Waals surface area contributed by atoms with Crippen LogP contribution in [0.15, 0.2) is 48.0 Å². The number of aliphatic hydroxyl groups excluding tert-OH is 1. The minimum absolute atomic E-state index is 0.133. The summed E-state index contributed by atoms with van der Waals surface area (Å²) in [6.07, 6.45) is 0.721. The molecule has 0 aromatic heterocycles. The van der Waals surface area contributed by atoms with Gasteiger partial charge in [-0.25, -0.2) is 0 Å². The molecular formula is C28H36N2O4. The van der Waals surface area contributed by atoms with Crippen molar-refractivity contribution in [2.45, 2.75) is 45.6 Å². The Morgan fingerprint density at radius 2 is 1.79 bits per heavy atom. The molecule has 34 heavy (non-hydrogen) atoms. The van der Waals surface area contributed by atoms with Crippen LogP contribution in [0.25, 0.3) is 5.76 Å². The van der Waals surface area contributed by atoms with Gasteiger partial charge in [-0.05, 0) is 68.7 Å². The third-order valence-corrected chi connectivity index (χ3v) is 6.31. The van der Waals surface area contributed by atoms with E-state index in [-0.39, 0.29) is 16.7 Å². The average Bonchev–Trinajstić information content (AvgIpc) is 3.02. The number of methoxy groups -OCH3 is 1. The zero-order chi connectivity index (χ0) is 25.2. The zero-order valence-electron chi connectivity index (χ0n) is 21.3. The molecule has 0 bridgehead atoms. The van der Waals surface area contributed by atoms with Crippen LogP contribution < -0.4 is 4.74 Å². The van der Waals surface area contributed by atoms with E-state index in [4.69, 9.17) is 4.74 Å². The number of amides is 1. The van der Waals surface area contributed by atoms with Gasteiger partial charge in [0.2, 0.25) is 0 Å². The molecule has 1 atom stereocenters. The van der Waals surface area contributed by atoms with E-state index in [0.717, 1.165) is 29.7 Å². The van der Waals surface area contributed by atoms with E-state index in [9.17, 15) is 14.7 Å². The average molecular weight is 465 g/mol. The van der Waals surface area contributed by atoms with Gasteiger partial charge in [-0.15, -0.1) is 0 Å². The quantitative estimate of drug-likeness (QED) is 0.366. The Labute approximate surface area is 202 Å². The third-order valence-electron chi connectivity index (χ3n) is 6.31. The molecule has 6 heteroatoms. The second kappa shape index (κ2) is 10.0. The molecule has 1 saturated heterocycles. The van der Waals surface area contributed by atoms with E-state index in [1.165, 1.54) is 0 Å². The molecule has 1 amide bonds. The van der Waals surface area contributed by atoms with E-state index in [2.05, 4.69) is 20.8 Å². The van der Waals surface area contributed by atoms with Crippen LogP contribution >= 0.6 is 0 Å². The standard InChI is InChI=1S/C28H36N2O4/c1-18-11-8-9-12-20(18)24-23(26(32)27(33)30(24)16-10-15-29(5)6)25(31)19-13-14-22(34-7)21(17-19)28(2,3)4/h8-9,11-14,17,24,31H,10,15-16H2,1-7H3/b25-23+. The summed E-state index contributed by atoms with van der Waals surface area (Å²) in [4.78, 5) is 30.1. The molecule has 3 rings (SSSR count). The molecular weight excluding hydrogens is 428 g/mol. The summed E-state index contributed by atoms with van der Waals surface area (Å²) in [7, 11) is 5.56. The van der Waals surface area contributed by atoms with Gasteiger partial charge in [-0.2, -0.15) is 0 Å². The maximum atomic E-state index is 13.3. The van der Waals surface area contributed by atoms with Crippen LogP contribution in [0.3, 0.4) is 0 Å². The lowest BCUT2D eigenvalue weighted by molar-refractivity contribution is -0.139. The van der Waals surface area contributed by atoms with Crippen molar-refractivity contribution in [3.63, 3.8) is 0 Å². The number of hydrogen-bond acceptors (Lipinski definition) is 5. The molecule has 1 aliphatic rings. The van der Waals surface area contributed by atoms with Gasteiger partial charge in [-0.1, -0.05) is 45.0 Å². The zero-order valence-corrected chi connectivity index (χ0v) is 21.3. The van der Waals surface area contributed by atoms with Crippen LogP contribution in [0, 0.1) is 6.92 Å². The van der Waals surface area contributed by atoms with Crippen LogP contribution in [0.2, 0.25) is 0 Å².